The Morgan fingerprint density at radius 1 is 0.964 bits per heavy atom. The molecule has 7 heteroatoms. The maximum absolute atomic E-state index is 14.1. The molecule has 0 amide bonds. The lowest BCUT2D eigenvalue weighted by Gasteiger charge is -2.29. The topological polar surface area (TPSA) is 21.6 Å². The van der Waals surface area contributed by atoms with Gasteiger partial charge in [0.25, 0.3) is 5.60 Å². The van der Waals surface area contributed by atoms with Crippen LogP contribution in [0, 0.1) is 6.92 Å². The van der Waals surface area contributed by atoms with Crippen LogP contribution in [0.3, 0.4) is 0 Å². The number of oxime groups is 1. The molecule has 1 atom stereocenters. The second-order valence-electron chi connectivity index (χ2n) is 6.76. The van der Waals surface area contributed by atoms with Gasteiger partial charge in [-0.1, -0.05) is 64.8 Å². The van der Waals surface area contributed by atoms with E-state index in [0.717, 1.165) is 16.3 Å². The highest BCUT2D eigenvalue weighted by Gasteiger charge is 2.62. The lowest BCUT2D eigenvalue weighted by molar-refractivity contribution is -0.275. The van der Waals surface area contributed by atoms with E-state index in [1.165, 1.54) is 18.2 Å². The molecular formula is C21H14Cl2F3NO. The summed E-state index contributed by atoms with van der Waals surface area (Å²) in [5.41, 5.74) is -0.941. The van der Waals surface area contributed by atoms with Crippen LogP contribution >= 0.6 is 23.2 Å². The van der Waals surface area contributed by atoms with Crippen LogP contribution < -0.4 is 0 Å². The Balaban J connectivity index is 1.84. The Morgan fingerprint density at radius 2 is 1.61 bits per heavy atom. The first-order valence-electron chi connectivity index (χ1n) is 8.48. The molecule has 1 aliphatic heterocycles. The number of nitrogens with zero attached hydrogens (tertiary/aromatic N) is 1. The predicted octanol–water partition coefficient (Wildman–Crippen LogP) is 7.04. The minimum atomic E-state index is -4.72. The number of benzene rings is 3. The Bertz CT molecular complexity index is 1090. The first kappa shape index (κ1) is 19.1. The van der Waals surface area contributed by atoms with Gasteiger partial charge >= 0.3 is 6.18 Å². The van der Waals surface area contributed by atoms with E-state index in [1.807, 2.05) is 37.3 Å². The fraction of sp³-hybridized carbons (Fsp3) is 0.190. The van der Waals surface area contributed by atoms with Gasteiger partial charge in [-0.3, -0.25) is 0 Å². The number of alkyl halides is 3. The minimum Gasteiger partial charge on any atom is -0.374 e. The molecule has 3 aromatic rings. The number of rotatable bonds is 2. The van der Waals surface area contributed by atoms with Gasteiger partial charge in [0.15, 0.2) is 0 Å². The maximum Gasteiger partial charge on any atom is 0.435 e. The zero-order valence-corrected chi connectivity index (χ0v) is 16.2. The van der Waals surface area contributed by atoms with E-state index >= 15 is 0 Å². The summed E-state index contributed by atoms with van der Waals surface area (Å²) in [7, 11) is 0. The molecule has 0 aliphatic carbocycles. The van der Waals surface area contributed by atoms with Crippen LogP contribution in [-0.4, -0.2) is 11.9 Å². The van der Waals surface area contributed by atoms with Crippen LogP contribution in [0.2, 0.25) is 10.0 Å². The maximum atomic E-state index is 14.1. The second-order valence-corrected chi connectivity index (χ2v) is 7.64. The summed E-state index contributed by atoms with van der Waals surface area (Å²) < 4.78 is 42.4. The molecule has 0 spiro atoms. The van der Waals surface area contributed by atoms with Crippen molar-refractivity contribution in [1.29, 1.82) is 0 Å². The molecular weight excluding hydrogens is 410 g/mol. The standard InChI is InChI=1S/C21H14Cl2F3NO/c1-12-6-7-18(17-5-3-2-4-16(12)17)19-11-20(28-27-19,21(24,25)26)13-8-14(22)10-15(23)9-13/h2-10H,11H2,1H3. The Kier molecular flexibility index (Phi) is 4.55. The fourth-order valence-electron chi connectivity index (χ4n) is 3.54. The molecule has 2 nitrogen and oxygen atoms in total. The first-order chi connectivity index (χ1) is 13.2. The predicted molar refractivity (Wildman–Crippen MR) is 105 cm³/mol. The molecule has 0 bridgehead atoms. The Morgan fingerprint density at radius 3 is 2.25 bits per heavy atom. The molecule has 0 saturated heterocycles. The third kappa shape index (κ3) is 3.03. The Labute approximate surface area is 169 Å². The largest absolute Gasteiger partial charge is 0.435 e. The van der Waals surface area contributed by atoms with Gasteiger partial charge in [-0.05, 0) is 41.5 Å². The van der Waals surface area contributed by atoms with Crippen molar-refractivity contribution in [3.63, 3.8) is 0 Å². The third-order valence-corrected chi connectivity index (χ3v) is 5.40. The van der Waals surface area contributed by atoms with Crippen molar-refractivity contribution >= 4 is 39.7 Å². The summed E-state index contributed by atoms with van der Waals surface area (Å²) in [6.45, 7) is 1.95. The molecule has 0 N–H and O–H groups in total. The van der Waals surface area contributed by atoms with Gasteiger partial charge in [0, 0.05) is 27.6 Å². The van der Waals surface area contributed by atoms with E-state index in [-0.39, 0.29) is 21.3 Å². The SMILES string of the molecule is Cc1ccc(C2=NOC(c3cc(Cl)cc(Cl)c3)(C(F)(F)F)C2)c2ccccc12. The Hall–Kier alpha value is -2.24. The highest BCUT2D eigenvalue weighted by molar-refractivity contribution is 6.34. The molecule has 0 radical (unpaired) electrons. The number of halogens is 5. The van der Waals surface area contributed by atoms with Crippen LogP contribution in [0.4, 0.5) is 13.2 Å². The van der Waals surface area contributed by atoms with Crippen molar-refractivity contribution in [2.24, 2.45) is 5.16 Å². The van der Waals surface area contributed by atoms with Gasteiger partial charge in [-0.15, -0.1) is 0 Å². The molecule has 0 saturated carbocycles. The number of aryl methyl sites for hydroxylation is 1. The van der Waals surface area contributed by atoms with Gasteiger partial charge in [-0.25, -0.2) is 0 Å². The molecule has 28 heavy (non-hydrogen) atoms. The molecule has 144 valence electrons. The highest BCUT2D eigenvalue weighted by Crippen LogP contribution is 2.50. The van der Waals surface area contributed by atoms with Gasteiger partial charge in [0.05, 0.1) is 5.71 Å². The number of fused-ring (bicyclic) bond motifs is 1. The van der Waals surface area contributed by atoms with E-state index in [1.54, 1.807) is 6.07 Å². The number of hydrogen-bond acceptors (Lipinski definition) is 2. The van der Waals surface area contributed by atoms with Crippen LogP contribution in [0.25, 0.3) is 10.8 Å². The van der Waals surface area contributed by atoms with Crippen LogP contribution in [-0.2, 0) is 10.4 Å². The first-order valence-corrected chi connectivity index (χ1v) is 9.24. The normalized spacial score (nSPS) is 19.6. The van der Waals surface area contributed by atoms with Crippen LogP contribution in [0.15, 0.2) is 59.8 Å². The van der Waals surface area contributed by atoms with Crippen molar-refractivity contribution < 1.29 is 18.0 Å². The van der Waals surface area contributed by atoms with E-state index in [9.17, 15) is 13.2 Å². The zero-order valence-electron chi connectivity index (χ0n) is 14.6. The van der Waals surface area contributed by atoms with E-state index in [4.69, 9.17) is 28.0 Å². The van der Waals surface area contributed by atoms with Crippen molar-refractivity contribution in [1.82, 2.24) is 0 Å². The van der Waals surface area contributed by atoms with Gasteiger partial charge in [0.2, 0.25) is 0 Å². The molecule has 1 unspecified atom stereocenters. The van der Waals surface area contributed by atoms with Crippen LogP contribution in [0.5, 0.6) is 0 Å². The average Bonchev–Trinajstić information content (AvgIpc) is 3.08. The van der Waals surface area contributed by atoms with Gasteiger partial charge in [-0.2, -0.15) is 13.2 Å². The second kappa shape index (κ2) is 6.68. The molecule has 0 aromatic heterocycles. The summed E-state index contributed by atoms with van der Waals surface area (Å²) >= 11 is 11.9. The van der Waals surface area contributed by atoms with E-state index < -0.39 is 18.2 Å². The van der Waals surface area contributed by atoms with Crippen LogP contribution in [0.1, 0.15) is 23.1 Å². The third-order valence-electron chi connectivity index (χ3n) is 4.97. The van der Waals surface area contributed by atoms with Crippen molar-refractivity contribution in [3.05, 3.63) is 81.3 Å². The van der Waals surface area contributed by atoms with Gasteiger partial charge < -0.3 is 4.84 Å². The van der Waals surface area contributed by atoms with Gasteiger partial charge in [0.1, 0.15) is 0 Å². The summed E-state index contributed by atoms with van der Waals surface area (Å²) in [6.07, 6.45) is -5.19. The van der Waals surface area contributed by atoms with E-state index in [2.05, 4.69) is 5.16 Å². The summed E-state index contributed by atoms with van der Waals surface area (Å²) in [4.78, 5) is 5.09. The van der Waals surface area contributed by atoms with Crippen molar-refractivity contribution in [3.8, 4) is 0 Å². The lowest BCUT2D eigenvalue weighted by Crippen LogP contribution is -2.42. The lowest BCUT2D eigenvalue weighted by atomic mass is 9.85. The van der Waals surface area contributed by atoms with Crippen molar-refractivity contribution in [2.75, 3.05) is 0 Å². The molecule has 1 heterocycles. The average molecular weight is 424 g/mol. The summed E-state index contributed by atoms with van der Waals surface area (Å²) in [5, 5.41) is 5.84. The summed E-state index contributed by atoms with van der Waals surface area (Å²) in [6, 6.07) is 15.0. The number of hydrogen-bond donors (Lipinski definition) is 0. The molecule has 0 fully saturated rings. The smallest absolute Gasteiger partial charge is 0.374 e. The minimum absolute atomic E-state index is 0.101. The van der Waals surface area contributed by atoms with E-state index in [0.29, 0.717) is 5.56 Å². The quantitative estimate of drug-likeness (QED) is 0.433. The zero-order chi connectivity index (χ0) is 20.1. The summed E-state index contributed by atoms with van der Waals surface area (Å²) in [5.74, 6) is 0. The molecule has 4 rings (SSSR count). The molecule has 3 aromatic carbocycles. The monoisotopic (exact) mass is 423 g/mol. The fourth-order valence-corrected chi connectivity index (χ4v) is 4.06. The molecule has 1 aliphatic rings. The van der Waals surface area contributed by atoms with Crippen molar-refractivity contribution in [2.45, 2.75) is 25.1 Å². The highest BCUT2D eigenvalue weighted by atomic mass is 35.5.